The van der Waals surface area contributed by atoms with Gasteiger partial charge in [-0.2, -0.15) is 0 Å². The fraction of sp³-hybridized carbons (Fsp3) is 0. The average molecular weight is 177 g/mol. The maximum absolute atomic E-state index is 8.88. The highest BCUT2D eigenvalue weighted by atomic mass is 16.4. The van der Waals surface area contributed by atoms with Crippen molar-refractivity contribution in [1.29, 1.82) is 0 Å². The number of anilines is 1. The van der Waals surface area contributed by atoms with Crippen LogP contribution in [0.1, 0.15) is 0 Å². The highest BCUT2D eigenvalue weighted by Crippen LogP contribution is 2.09. The lowest BCUT2D eigenvalue weighted by Crippen LogP contribution is -2.29. The molecule has 1 heterocycles. The van der Waals surface area contributed by atoms with Gasteiger partial charge in [-0.1, -0.05) is 6.07 Å². The van der Waals surface area contributed by atoms with Crippen LogP contribution in [0.5, 0.6) is 0 Å². The molecular weight excluding hydrogens is 169 g/mol. The van der Waals surface area contributed by atoms with Gasteiger partial charge in [-0.05, 0) is 17.6 Å². The van der Waals surface area contributed by atoms with E-state index in [4.69, 9.17) is 15.8 Å². The Bertz CT molecular complexity index is 440. The van der Waals surface area contributed by atoms with E-state index in [0.717, 1.165) is 0 Å². The smallest absolute Gasteiger partial charge is 0.423 e. The first kappa shape index (κ1) is 8.09. The quantitative estimate of drug-likeness (QED) is 0.412. The minimum absolute atomic E-state index is 0.319. The van der Waals surface area contributed by atoms with Crippen LogP contribution in [0.15, 0.2) is 18.2 Å². The van der Waals surface area contributed by atoms with Crippen LogP contribution >= 0.6 is 0 Å². The Morgan fingerprint density at radius 1 is 1.38 bits per heavy atom. The molecule has 13 heavy (non-hydrogen) atoms. The number of fused-ring (bicyclic) bond motifs is 1. The number of aromatic nitrogens is 2. The third-order valence-corrected chi connectivity index (χ3v) is 1.82. The van der Waals surface area contributed by atoms with Gasteiger partial charge in [0.05, 0.1) is 11.0 Å². The van der Waals surface area contributed by atoms with Crippen LogP contribution in [0.2, 0.25) is 0 Å². The zero-order chi connectivity index (χ0) is 9.42. The van der Waals surface area contributed by atoms with Crippen molar-refractivity contribution < 1.29 is 10.0 Å². The molecule has 1 aromatic heterocycles. The summed E-state index contributed by atoms with van der Waals surface area (Å²) in [5, 5.41) is 17.8. The third kappa shape index (κ3) is 1.37. The maximum Gasteiger partial charge on any atom is 0.488 e. The highest BCUT2D eigenvalue weighted by molar-refractivity contribution is 6.58. The number of rotatable bonds is 1. The molecule has 0 saturated carbocycles. The van der Waals surface area contributed by atoms with E-state index < -0.39 is 7.12 Å². The van der Waals surface area contributed by atoms with Crippen LogP contribution in [0.25, 0.3) is 11.0 Å². The van der Waals surface area contributed by atoms with Crippen molar-refractivity contribution in [3.63, 3.8) is 0 Å². The fourth-order valence-corrected chi connectivity index (χ4v) is 1.21. The first-order chi connectivity index (χ1) is 6.16. The molecular formula is C7H8BN3O2. The van der Waals surface area contributed by atoms with E-state index in [2.05, 4.69) is 9.97 Å². The second kappa shape index (κ2) is 2.76. The lowest BCUT2D eigenvalue weighted by molar-refractivity contribution is 0.426. The summed E-state index contributed by atoms with van der Waals surface area (Å²) in [6.45, 7) is 0. The number of H-pyrrole nitrogens is 1. The standard InChI is InChI=1S/C7H8BN3O2/c9-7-10-5-2-1-4(8(12)13)3-6(5)11-7/h1-3,12-13H,(H3,9,10,11). The van der Waals surface area contributed by atoms with Crippen molar-refractivity contribution in [2.24, 2.45) is 0 Å². The van der Waals surface area contributed by atoms with Crippen LogP contribution in [0.3, 0.4) is 0 Å². The van der Waals surface area contributed by atoms with Gasteiger partial charge in [0.15, 0.2) is 5.95 Å². The number of aromatic amines is 1. The van der Waals surface area contributed by atoms with Crippen LogP contribution in [0, 0.1) is 0 Å². The largest absolute Gasteiger partial charge is 0.488 e. The molecule has 2 rings (SSSR count). The maximum atomic E-state index is 8.88. The highest BCUT2D eigenvalue weighted by Gasteiger charge is 2.11. The average Bonchev–Trinajstić information content (AvgIpc) is 2.42. The van der Waals surface area contributed by atoms with Gasteiger partial charge < -0.3 is 20.8 Å². The van der Waals surface area contributed by atoms with Crippen LogP contribution in [0.4, 0.5) is 5.95 Å². The molecule has 0 aliphatic carbocycles. The molecule has 0 saturated heterocycles. The van der Waals surface area contributed by atoms with Crippen molar-refractivity contribution in [3.8, 4) is 0 Å². The summed E-state index contributed by atoms with van der Waals surface area (Å²) in [5.41, 5.74) is 7.25. The Morgan fingerprint density at radius 3 is 2.85 bits per heavy atom. The lowest BCUT2D eigenvalue weighted by Gasteiger charge is -1.97. The van der Waals surface area contributed by atoms with E-state index >= 15 is 0 Å². The van der Waals surface area contributed by atoms with Crippen molar-refractivity contribution in [3.05, 3.63) is 18.2 Å². The molecule has 0 spiro atoms. The van der Waals surface area contributed by atoms with Crippen molar-refractivity contribution in [1.82, 2.24) is 9.97 Å². The lowest BCUT2D eigenvalue weighted by atomic mass is 9.80. The number of hydrogen-bond acceptors (Lipinski definition) is 4. The van der Waals surface area contributed by atoms with E-state index in [0.29, 0.717) is 22.4 Å². The molecule has 0 bridgehead atoms. The van der Waals surface area contributed by atoms with Gasteiger partial charge in [-0.25, -0.2) is 4.98 Å². The SMILES string of the molecule is Nc1nc2ccc(B(O)O)cc2[nH]1. The van der Waals surface area contributed by atoms with Gasteiger partial charge in [0, 0.05) is 0 Å². The number of nitrogens with two attached hydrogens (primary N) is 1. The summed E-state index contributed by atoms with van der Waals surface area (Å²) in [5.74, 6) is 0.319. The van der Waals surface area contributed by atoms with Gasteiger partial charge in [0.25, 0.3) is 0 Å². The number of benzene rings is 1. The summed E-state index contributed by atoms with van der Waals surface area (Å²) >= 11 is 0. The first-order valence-electron chi connectivity index (χ1n) is 3.78. The number of nitrogen functional groups attached to an aromatic ring is 1. The second-order valence-electron chi connectivity index (χ2n) is 2.77. The first-order valence-corrected chi connectivity index (χ1v) is 3.78. The molecule has 0 radical (unpaired) electrons. The van der Waals surface area contributed by atoms with Crippen LogP contribution in [-0.4, -0.2) is 27.1 Å². The molecule has 2 aromatic rings. The predicted octanol–water partition coefficient (Wildman–Crippen LogP) is -1.18. The summed E-state index contributed by atoms with van der Waals surface area (Å²) in [6, 6.07) is 4.87. The Labute approximate surface area is 74.4 Å². The molecule has 6 heteroatoms. The van der Waals surface area contributed by atoms with Crippen LogP contribution in [-0.2, 0) is 0 Å². The summed E-state index contributed by atoms with van der Waals surface area (Å²) < 4.78 is 0. The Balaban J connectivity index is 2.61. The summed E-state index contributed by atoms with van der Waals surface area (Å²) in [4.78, 5) is 6.77. The van der Waals surface area contributed by atoms with Gasteiger partial charge in [-0.15, -0.1) is 0 Å². The van der Waals surface area contributed by atoms with Crippen molar-refractivity contribution in [2.75, 3.05) is 5.73 Å². The molecule has 0 fully saturated rings. The molecule has 5 N–H and O–H groups in total. The Hall–Kier alpha value is -1.53. The zero-order valence-electron chi connectivity index (χ0n) is 6.73. The molecule has 5 nitrogen and oxygen atoms in total. The van der Waals surface area contributed by atoms with Crippen molar-refractivity contribution >= 4 is 29.6 Å². The Kier molecular flexibility index (Phi) is 1.71. The normalized spacial score (nSPS) is 10.6. The third-order valence-electron chi connectivity index (χ3n) is 1.82. The number of imidazole rings is 1. The predicted molar refractivity (Wildman–Crippen MR) is 50.3 cm³/mol. The zero-order valence-corrected chi connectivity index (χ0v) is 6.73. The minimum atomic E-state index is -1.46. The Morgan fingerprint density at radius 2 is 2.15 bits per heavy atom. The number of nitrogens with zero attached hydrogens (tertiary/aromatic N) is 1. The fourth-order valence-electron chi connectivity index (χ4n) is 1.21. The van der Waals surface area contributed by atoms with Gasteiger partial charge in [-0.3, -0.25) is 0 Å². The molecule has 0 unspecified atom stereocenters. The number of nitrogens with one attached hydrogen (secondary N) is 1. The van der Waals surface area contributed by atoms with Gasteiger partial charge >= 0.3 is 7.12 Å². The van der Waals surface area contributed by atoms with Crippen LogP contribution < -0.4 is 11.2 Å². The monoisotopic (exact) mass is 177 g/mol. The van der Waals surface area contributed by atoms with Gasteiger partial charge in [0.1, 0.15) is 0 Å². The molecule has 66 valence electrons. The van der Waals surface area contributed by atoms with E-state index in [1.807, 2.05) is 0 Å². The molecule has 0 aliphatic rings. The molecule has 0 amide bonds. The molecule has 0 atom stereocenters. The van der Waals surface area contributed by atoms with E-state index in [1.54, 1.807) is 18.2 Å². The summed E-state index contributed by atoms with van der Waals surface area (Å²) in [7, 11) is -1.46. The summed E-state index contributed by atoms with van der Waals surface area (Å²) in [6.07, 6.45) is 0. The molecule has 1 aromatic carbocycles. The second-order valence-corrected chi connectivity index (χ2v) is 2.77. The topological polar surface area (TPSA) is 95.2 Å². The van der Waals surface area contributed by atoms with E-state index in [9.17, 15) is 0 Å². The minimum Gasteiger partial charge on any atom is -0.423 e. The van der Waals surface area contributed by atoms with Gasteiger partial charge in [0.2, 0.25) is 0 Å². The van der Waals surface area contributed by atoms with Crippen molar-refractivity contribution in [2.45, 2.75) is 0 Å². The van der Waals surface area contributed by atoms with E-state index in [-0.39, 0.29) is 0 Å². The number of hydrogen-bond donors (Lipinski definition) is 4. The van der Waals surface area contributed by atoms with E-state index in [1.165, 1.54) is 0 Å². The molecule has 0 aliphatic heterocycles.